The molecule has 2 heterocycles. The van der Waals surface area contributed by atoms with Crippen LogP contribution in [0.2, 0.25) is 0 Å². The third-order valence-electron chi connectivity index (χ3n) is 2.78. The van der Waals surface area contributed by atoms with Gasteiger partial charge in [0.1, 0.15) is 5.69 Å². The van der Waals surface area contributed by atoms with Gasteiger partial charge in [0.25, 0.3) is 5.89 Å². The minimum atomic E-state index is 0.167. The number of pyridine rings is 1. The molecule has 0 aliphatic carbocycles. The van der Waals surface area contributed by atoms with E-state index in [0.717, 1.165) is 0 Å². The standard InChI is InChI=1S/C15H13N3O3/c1-19-12-7-2-3-8-13(12)20-10-14-17-15(18-21-14)11-6-4-5-9-16-11/h2-9H,10H2,1H3. The molecule has 0 fully saturated rings. The number of benzene rings is 1. The van der Waals surface area contributed by atoms with Gasteiger partial charge in [0.05, 0.1) is 7.11 Å². The molecule has 0 spiro atoms. The summed E-state index contributed by atoms with van der Waals surface area (Å²) in [4.78, 5) is 8.41. The summed E-state index contributed by atoms with van der Waals surface area (Å²) in [5.74, 6) is 2.09. The highest BCUT2D eigenvalue weighted by Gasteiger charge is 2.11. The second kappa shape index (κ2) is 6.04. The molecule has 0 amide bonds. The van der Waals surface area contributed by atoms with Crippen LogP contribution in [0.4, 0.5) is 0 Å². The van der Waals surface area contributed by atoms with Crippen molar-refractivity contribution in [2.75, 3.05) is 7.11 Å². The zero-order valence-corrected chi connectivity index (χ0v) is 11.4. The van der Waals surface area contributed by atoms with Crippen molar-refractivity contribution in [2.45, 2.75) is 6.61 Å². The van der Waals surface area contributed by atoms with Gasteiger partial charge < -0.3 is 14.0 Å². The van der Waals surface area contributed by atoms with Crippen molar-refractivity contribution < 1.29 is 14.0 Å². The topological polar surface area (TPSA) is 70.3 Å². The Kier molecular flexibility index (Phi) is 3.77. The molecule has 1 aromatic carbocycles. The van der Waals surface area contributed by atoms with Crippen molar-refractivity contribution in [3.8, 4) is 23.0 Å². The normalized spacial score (nSPS) is 10.3. The fraction of sp³-hybridized carbons (Fsp3) is 0.133. The third-order valence-corrected chi connectivity index (χ3v) is 2.78. The predicted molar refractivity (Wildman–Crippen MR) is 74.9 cm³/mol. The number of methoxy groups -OCH3 is 1. The molecule has 0 N–H and O–H groups in total. The number of para-hydroxylation sites is 2. The van der Waals surface area contributed by atoms with Gasteiger partial charge in [-0.3, -0.25) is 4.98 Å². The Hall–Kier alpha value is -2.89. The first kappa shape index (κ1) is 13.1. The molecule has 0 unspecified atom stereocenters. The number of nitrogens with zero attached hydrogens (tertiary/aromatic N) is 3. The number of aromatic nitrogens is 3. The highest BCUT2D eigenvalue weighted by molar-refractivity contribution is 5.47. The van der Waals surface area contributed by atoms with Crippen LogP contribution in [0.5, 0.6) is 11.5 Å². The van der Waals surface area contributed by atoms with Crippen LogP contribution in [0.25, 0.3) is 11.5 Å². The molecular weight excluding hydrogens is 270 g/mol. The largest absolute Gasteiger partial charge is 0.493 e. The molecule has 3 rings (SSSR count). The third kappa shape index (κ3) is 3.00. The molecule has 106 valence electrons. The molecule has 0 saturated heterocycles. The Morgan fingerprint density at radius 2 is 1.86 bits per heavy atom. The van der Waals surface area contributed by atoms with Gasteiger partial charge in [-0.15, -0.1) is 0 Å². The second-order valence-corrected chi connectivity index (χ2v) is 4.17. The molecule has 0 radical (unpaired) electrons. The Bertz CT molecular complexity index is 713. The average Bonchev–Trinajstić information content (AvgIpc) is 3.03. The summed E-state index contributed by atoms with van der Waals surface area (Å²) >= 11 is 0. The molecule has 21 heavy (non-hydrogen) atoms. The van der Waals surface area contributed by atoms with Crippen LogP contribution in [-0.2, 0) is 6.61 Å². The lowest BCUT2D eigenvalue weighted by atomic mass is 10.3. The molecule has 6 heteroatoms. The van der Waals surface area contributed by atoms with Crippen molar-refractivity contribution in [2.24, 2.45) is 0 Å². The van der Waals surface area contributed by atoms with E-state index in [4.69, 9.17) is 14.0 Å². The molecule has 3 aromatic rings. The molecule has 6 nitrogen and oxygen atoms in total. The first-order valence-electron chi connectivity index (χ1n) is 6.36. The van der Waals surface area contributed by atoms with Crippen molar-refractivity contribution in [3.05, 3.63) is 54.6 Å². The van der Waals surface area contributed by atoms with Crippen molar-refractivity contribution in [1.82, 2.24) is 15.1 Å². The summed E-state index contributed by atoms with van der Waals surface area (Å²) < 4.78 is 16.0. The minimum absolute atomic E-state index is 0.167. The summed E-state index contributed by atoms with van der Waals surface area (Å²) in [5, 5.41) is 3.88. The molecule has 0 aliphatic heterocycles. The van der Waals surface area contributed by atoms with Gasteiger partial charge in [-0.25, -0.2) is 0 Å². The van der Waals surface area contributed by atoms with Crippen molar-refractivity contribution in [3.63, 3.8) is 0 Å². The van der Waals surface area contributed by atoms with Gasteiger partial charge in [0.15, 0.2) is 18.1 Å². The van der Waals surface area contributed by atoms with Crippen LogP contribution < -0.4 is 9.47 Å². The smallest absolute Gasteiger partial charge is 0.264 e. The van der Waals surface area contributed by atoms with Gasteiger partial charge >= 0.3 is 0 Å². The Morgan fingerprint density at radius 1 is 1.05 bits per heavy atom. The maximum Gasteiger partial charge on any atom is 0.264 e. The Labute approximate surface area is 121 Å². The van der Waals surface area contributed by atoms with E-state index in [0.29, 0.717) is 28.9 Å². The highest BCUT2D eigenvalue weighted by Crippen LogP contribution is 2.26. The summed E-state index contributed by atoms with van der Waals surface area (Å²) in [7, 11) is 1.59. The SMILES string of the molecule is COc1ccccc1OCc1nc(-c2ccccn2)no1. The molecular formula is C15H13N3O3. The molecule has 2 aromatic heterocycles. The molecule has 0 saturated carbocycles. The van der Waals surface area contributed by atoms with Crippen molar-refractivity contribution >= 4 is 0 Å². The van der Waals surface area contributed by atoms with Crippen LogP contribution in [-0.4, -0.2) is 22.2 Å². The summed E-state index contributed by atoms with van der Waals surface area (Å²) in [5.41, 5.74) is 0.657. The van der Waals surface area contributed by atoms with E-state index in [1.165, 1.54) is 0 Å². The fourth-order valence-electron chi connectivity index (χ4n) is 1.79. The highest BCUT2D eigenvalue weighted by atomic mass is 16.5. The molecule has 0 bridgehead atoms. The van der Waals surface area contributed by atoms with Gasteiger partial charge in [-0.2, -0.15) is 4.98 Å². The fourth-order valence-corrected chi connectivity index (χ4v) is 1.79. The summed E-state index contributed by atoms with van der Waals surface area (Å²) in [6.45, 7) is 0.167. The number of hydrogen-bond acceptors (Lipinski definition) is 6. The quantitative estimate of drug-likeness (QED) is 0.717. The summed E-state index contributed by atoms with van der Waals surface area (Å²) in [6, 6.07) is 12.9. The first-order chi connectivity index (χ1) is 10.4. The van der Waals surface area contributed by atoms with Crippen LogP contribution in [0, 0.1) is 0 Å². The van der Waals surface area contributed by atoms with Crippen LogP contribution in [0.15, 0.2) is 53.2 Å². The maximum absolute atomic E-state index is 5.62. The molecule has 0 aliphatic rings. The number of ether oxygens (including phenoxy) is 2. The lowest BCUT2D eigenvalue weighted by Gasteiger charge is -2.07. The van der Waals surface area contributed by atoms with Crippen molar-refractivity contribution in [1.29, 1.82) is 0 Å². The van der Waals surface area contributed by atoms with E-state index in [-0.39, 0.29) is 6.61 Å². The van der Waals surface area contributed by atoms with Gasteiger partial charge in [-0.05, 0) is 24.3 Å². The second-order valence-electron chi connectivity index (χ2n) is 4.17. The van der Waals surface area contributed by atoms with Crippen LogP contribution in [0.1, 0.15) is 5.89 Å². The van der Waals surface area contributed by atoms with Crippen LogP contribution in [0.3, 0.4) is 0 Å². The maximum atomic E-state index is 5.62. The minimum Gasteiger partial charge on any atom is -0.493 e. The van der Waals surface area contributed by atoms with E-state index in [1.807, 2.05) is 42.5 Å². The Balaban J connectivity index is 1.71. The van der Waals surface area contributed by atoms with E-state index in [1.54, 1.807) is 13.3 Å². The molecule has 0 atom stereocenters. The van der Waals surface area contributed by atoms with E-state index in [9.17, 15) is 0 Å². The number of rotatable bonds is 5. The van der Waals surface area contributed by atoms with Gasteiger partial charge in [0.2, 0.25) is 5.82 Å². The lowest BCUT2D eigenvalue weighted by Crippen LogP contribution is -1.97. The van der Waals surface area contributed by atoms with Crippen LogP contribution >= 0.6 is 0 Å². The monoisotopic (exact) mass is 283 g/mol. The van der Waals surface area contributed by atoms with E-state index >= 15 is 0 Å². The first-order valence-corrected chi connectivity index (χ1v) is 6.36. The van der Waals surface area contributed by atoms with Gasteiger partial charge in [-0.1, -0.05) is 23.4 Å². The van der Waals surface area contributed by atoms with E-state index in [2.05, 4.69) is 15.1 Å². The average molecular weight is 283 g/mol. The Morgan fingerprint density at radius 3 is 2.62 bits per heavy atom. The van der Waals surface area contributed by atoms with Gasteiger partial charge in [0, 0.05) is 6.20 Å². The lowest BCUT2D eigenvalue weighted by molar-refractivity contribution is 0.233. The number of hydrogen-bond donors (Lipinski definition) is 0. The van der Waals surface area contributed by atoms with E-state index < -0.39 is 0 Å². The predicted octanol–water partition coefficient (Wildman–Crippen LogP) is 2.72. The zero-order chi connectivity index (χ0) is 14.5. The summed E-state index contributed by atoms with van der Waals surface area (Å²) in [6.07, 6.45) is 1.68. The zero-order valence-electron chi connectivity index (χ0n) is 11.4.